The molecule has 1 N–H and O–H groups in total. The Balaban J connectivity index is 2.03. The molecule has 2 rings (SSSR count). The molecule has 1 unspecified atom stereocenters. The average Bonchev–Trinajstić information content (AvgIpc) is 2.56. The summed E-state index contributed by atoms with van der Waals surface area (Å²) in [7, 11) is 0. The quantitative estimate of drug-likeness (QED) is 0.716. The fraction of sp³-hybridized carbons (Fsp3) is 0.800. The van der Waals surface area contributed by atoms with Gasteiger partial charge < -0.3 is 10.1 Å². The van der Waals surface area contributed by atoms with Gasteiger partial charge in [0.2, 0.25) is 0 Å². The van der Waals surface area contributed by atoms with Crippen molar-refractivity contribution in [2.45, 2.75) is 31.3 Å². The summed E-state index contributed by atoms with van der Waals surface area (Å²) < 4.78 is 17.4. The number of carbonyl (C=O) groups is 2. The summed E-state index contributed by atoms with van der Waals surface area (Å²) in [5.74, 6) is -0.321. The predicted octanol–water partition coefficient (Wildman–Crippen LogP) is 0.445. The largest absolute Gasteiger partial charge is 0.379 e. The van der Waals surface area contributed by atoms with Crippen LogP contribution in [0.25, 0.3) is 0 Å². The number of amides is 3. The zero-order valence-electron chi connectivity index (χ0n) is 8.95. The fourth-order valence-electron chi connectivity index (χ4n) is 2.13. The molecule has 0 radical (unpaired) electrons. The predicted molar refractivity (Wildman–Crippen MR) is 53.6 cm³/mol. The third-order valence-corrected chi connectivity index (χ3v) is 2.95. The lowest BCUT2D eigenvalue weighted by Gasteiger charge is -2.28. The minimum absolute atomic E-state index is 0.0502. The van der Waals surface area contributed by atoms with Crippen LogP contribution in [0.15, 0.2) is 0 Å². The van der Waals surface area contributed by atoms with Crippen molar-refractivity contribution >= 4 is 11.9 Å². The SMILES string of the molecule is O=C1NC(CCF)C(=O)N1[C@@H]1CCCOC1. The second-order valence-electron chi connectivity index (χ2n) is 4.06. The highest BCUT2D eigenvalue weighted by atomic mass is 19.1. The van der Waals surface area contributed by atoms with Gasteiger partial charge in [-0.25, -0.2) is 4.79 Å². The highest BCUT2D eigenvalue weighted by Crippen LogP contribution is 2.19. The molecule has 0 spiro atoms. The summed E-state index contributed by atoms with van der Waals surface area (Å²) in [6.07, 6.45) is 1.66. The van der Waals surface area contributed by atoms with E-state index >= 15 is 0 Å². The van der Waals surface area contributed by atoms with Crippen LogP contribution in [0.1, 0.15) is 19.3 Å². The van der Waals surface area contributed by atoms with E-state index in [4.69, 9.17) is 4.74 Å². The highest BCUT2D eigenvalue weighted by molar-refractivity contribution is 6.04. The van der Waals surface area contributed by atoms with E-state index in [2.05, 4.69) is 5.32 Å². The monoisotopic (exact) mass is 230 g/mol. The van der Waals surface area contributed by atoms with E-state index in [0.717, 1.165) is 12.8 Å². The van der Waals surface area contributed by atoms with Gasteiger partial charge >= 0.3 is 6.03 Å². The Labute approximate surface area is 92.9 Å². The number of carbonyl (C=O) groups excluding carboxylic acids is 2. The van der Waals surface area contributed by atoms with Crippen molar-refractivity contribution in [2.24, 2.45) is 0 Å². The Morgan fingerprint density at radius 1 is 1.50 bits per heavy atom. The first kappa shape index (κ1) is 11.3. The third-order valence-electron chi connectivity index (χ3n) is 2.95. The van der Waals surface area contributed by atoms with Gasteiger partial charge in [0.15, 0.2) is 0 Å². The number of imide groups is 1. The molecule has 90 valence electrons. The molecule has 6 heteroatoms. The molecule has 0 saturated carbocycles. The number of nitrogens with zero attached hydrogens (tertiary/aromatic N) is 1. The summed E-state index contributed by atoms with van der Waals surface area (Å²) in [5, 5.41) is 2.49. The van der Waals surface area contributed by atoms with Gasteiger partial charge in [-0.2, -0.15) is 0 Å². The molecule has 0 bridgehead atoms. The smallest absolute Gasteiger partial charge is 0.325 e. The van der Waals surface area contributed by atoms with Crippen molar-refractivity contribution in [3.05, 3.63) is 0 Å². The Hall–Kier alpha value is -1.17. The van der Waals surface area contributed by atoms with Gasteiger partial charge in [-0.15, -0.1) is 0 Å². The molecule has 2 aliphatic heterocycles. The first-order valence-electron chi connectivity index (χ1n) is 5.51. The highest BCUT2D eigenvalue weighted by Gasteiger charge is 2.42. The molecule has 5 nitrogen and oxygen atoms in total. The van der Waals surface area contributed by atoms with Crippen molar-refractivity contribution < 1.29 is 18.7 Å². The number of alkyl halides is 1. The van der Waals surface area contributed by atoms with Crippen LogP contribution >= 0.6 is 0 Å². The maximum atomic E-state index is 12.2. The fourth-order valence-corrected chi connectivity index (χ4v) is 2.13. The molecule has 2 aliphatic rings. The Morgan fingerprint density at radius 2 is 2.31 bits per heavy atom. The Morgan fingerprint density at radius 3 is 2.94 bits per heavy atom. The molecule has 0 aromatic rings. The maximum absolute atomic E-state index is 12.2. The van der Waals surface area contributed by atoms with Crippen LogP contribution < -0.4 is 5.32 Å². The molecule has 0 aromatic carbocycles. The van der Waals surface area contributed by atoms with Crippen molar-refractivity contribution in [3.8, 4) is 0 Å². The van der Waals surface area contributed by atoms with Gasteiger partial charge in [-0.3, -0.25) is 14.1 Å². The van der Waals surface area contributed by atoms with Crippen LogP contribution in [-0.2, 0) is 9.53 Å². The zero-order chi connectivity index (χ0) is 11.5. The molecule has 2 fully saturated rings. The summed E-state index contributed by atoms with van der Waals surface area (Å²) in [6, 6.07) is -1.30. The topological polar surface area (TPSA) is 58.6 Å². The van der Waals surface area contributed by atoms with Crippen molar-refractivity contribution in [2.75, 3.05) is 19.9 Å². The third kappa shape index (κ3) is 2.02. The van der Waals surface area contributed by atoms with Crippen LogP contribution in [0.5, 0.6) is 0 Å². The zero-order valence-corrected chi connectivity index (χ0v) is 8.95. The first-order chi connectivity index (χ1) is 7.74. The number of ether oxygens (including phenoxy) is 1. The molecular weight excluding hydrogens is 215 g/mol. The van der Waals surface area contributed by atoms with Gasteiger partial charge in [0.25, 0.3) is 5.91 Å². The molecule has 2 atom stereocenters. The number of urea groups is 1. The second-order valence-corrected chi connectivity index (χ2v) is 4.06. The molecule has 0 aromatic heterocycles. The average molecular weight is 230 g/mol. The number of hydrogen-bond donors (Lipinski definition) is 1. The van der Waals surface area contributed by atoms with Crippen molar-refractivity contribution in [1.29, 1.82) is 0 Å². The minimum atomic E-state index is -0.695. The van der Waals surface area contributed by atoms with E-state index in [1.54, 1.807) is 0 Å². The first-order valence-corrected chi connectivity index (χ1v) is 5.51. The number of hydrogen-bond acceptors (Lipinski definition) is 3. The van der Waals surface area contributed by atoms with E-state index in [9.17, 15) is 14.0 Å². The van der Waals surface area contributed by atoms with Crippen LogP contribution in [0.4, 0.5) is 9.18 Å². The van der Waals surface area contributed by atoms with Crippen LogP contribution in [-0.4, -0.2) is 48.8 Å². The second kappa shape index (κ2) is 4.78. The maximum Gasteiger partial charge on any atom is 0.325 e. The Bertz CT molecular complexity index is 292. The molecule has 2 saturated heterocycles. The van der Waals surface area contributed by atoms with Gasteiger partial charge in [-0.1, -0.05) is 0 Å². The van der Waals surface area contributed by atoms with E-state index in [0.29, 0.717) is 13.2 Å². The van der Waals surface area contributed by atoms with Gasteiger partial charge in [0, 0.05) is 13.0 Å². The lowest BCUT2D eigenvalue weighted by molar-refractivity contribution is -0.131. The lowest BCUT2D eigenvalue weighted by Crippen LogP contribution is -2.45. The Kier molecular flexibility index (Phi) is 3.38. The molecule has 2 heterocycles. The van der Waals surface area contributed by atoms with Gasteiger partial charge in [0.1, 0.15) is 6.04 Å². The van der Waals surface area contributed by atoms with Crippen molar-refractivity contribution in [1.82, 2.24) is 10.2 Å². The molecule has 3 amide bonds. The van der Waals surface area contributed by atoms with E-state index in [-0.39, 0.29) is 18.4 Å². The summed E-state index contributed by atoms with van der Waals surface area (Å²) in [4.78, 5) is 24.6. The summed E-state index contributed by atoms with van der Waals surface area (Å²) in [5.41, 5.74) is 0. The molecule has 16 heavy (non-hydrogen) atoms. The standard InChI is InChI=1S/C10H15FN2O3/c11-4-3-8-9(14)13(10(15)12-8)7-2-1-5-16-6-7/h7-8H,1-6H2,(H,12,15)/t7-,8?/m1/s1. The van der Waals surface area contributed by atoms with Crippen LogP contribution in [0.3, 0.4) is 0 Å². The van der Waals surface area contributed by atoms with E-state index in [1.807, 2.05) is 0 Å². The number of rotatable bonds is 3. The van der Waals surface area contributed by atoms with E-state index < -0.39 is 18.7 Å². The van der Waals surface area contributed by atoms with Gasteiger partial charge in [-0.05, 0) is 12.8 Å². The summed E-state index contributed by atoms with van der Waals surface area (Å²) in [6.45, 7) is 0.460. The number of halogens is 1. The normalized spacial score (nSPS) is 30.7. The summed E-state index contributed by atoms with van der Waals surface area (Å²) >= 11 is 0. The van der Waals surface area contributed by atoms with Crippen LogP contribution in [0.2, 0.25) is 0 Å². The molecule has 0 aliphatic carbocycles. The van der Waals surface area contributed by atoms with E-state index in [1.165, 1.54) is 4.90 Å². The minimum Gasteiger partial charge on any atom is -0.379 e. The van der Waals surface area contributed by atoms with Crippen molar-refractivity contribution in [3.63, 3.8) is 0 Å². The molecular formula is C10H15FN2O3. The number of nitrogens with one attached hydrogen (secondary N) is 1. The van der Waals surface area contributed by atoms with Crippen LogP contribution in [0, 0.1) is 0 Å². The lowest BCUT2D eigenvalue weighted by atomic mass is 10.1. The van der Waals surface area contributed by atoms with Gasteiger partial charge in [0.05, 0.1) is 19.3 Å².